The summed E-state index contributed by atoms with van der Waals surface area (Å²) < 4.78 is 0. The number of hydrogen-bond acceptors (Lipinski definition) is 4. The maximum Gasteiger partial charge on any atom is 0.270 e. The number of hydrogen-bond donors (Lipinski definition) is 1. The number of anilines is 2. The lowest BCUT2D eigenvalue weighted by molar-refractivity contribution is -0.384. The van der Waals surface area contributed by atoms with Crippen LogP contribution in [0.5, 0.6) is 0 Å². The van der Waals surface area contributed by atoms with E-state index in [-0.39, 0.29) is 11.6 Å². The fourth-order valence-electron chi connectivity index (χ4n) is 3.25. The molecule has 1 aliphatic rings. The van der Waals surface area contributed by atoms with Gasteiger partial charge in [0.1, 0.15) is 0 Å². The number of benzene rings is 2. The number of nitrogens with zero attached hydrogens (tertiary/aromatic N) is 2. The van der Waals surface area contributed by atoms with Crippen LogP contribution in [-0.4, -0.2) is 23.9 Å². The van der Waals surface area contributed by atoms with Crippen LogP contribution < -0.4 is 10.2 Å². The number of amides is 1. The summed E-state index contributed by atoms with van der Waals surface area (Å²) >= 11 is 0. The van der Waals surface area contributed by atoms with E-state index in [4.69, 9.17) is 0 Å². The Morgan fingerprint density at radius 1 is 1.19 bits per heavy atom. The molecule has 0 saturated carbocycles. The number of carbonyl (C=O) groups excluding carboxylic acids is 1. The number of piperidine rings is 1. The maximum absolute atomic E-state index is 12.9. The number of carbonyl (C=O) groups is 1. The lowest BCUT2D eigenvalue weighted by Crippen LogP contribution is -2.34. The van der Waals surface area contributed by atoms with Gasteiger partial charge in [0.15, 0.2) is 0 Å². The first kappa shape index (κ1) is 17.9. The SMILES string of the molecule is Cc1ccccc1NC(=O)c1cc([N+](=O)[O-])ccc1N1CCC(C)CC1. The van der Waals surface area contributed by atoms with E-state index in [0.717, 1.165) is 37.2 Å². The smallest absolute Gasteiger partial charge is 0.270 e. The Hall–Kier alpha value is -2.89. The molecule has 3 rings (SSSR count). The molecule has 26 heavy (non-hydrogen) atoms. The van der Waals surface area contributed by atoms with Crippen molar-refractivity contribution in [2.24, 2.45) is 5.92 Å². The van der Waals surface area contributed by atoms with Gasteiger partial charge in [0.05, 0.1) is 16.2 Å². The number of nitro benzene ring substituents is 1. The van der Waals surface area contributed by atoms with Crippen molar-refractivity contribution in [1.82, 2.24) is 0 Å². The zero-order chi connectivity index (χ0) is 18.7. The van der Waals surface area contributed by atoms with E-state index in [1.165, 1.54) is 12.1 Å². The lowest BCUT2D eigenvalue weighted by Gasteiger charge is -2.33. The summed E-state index contributed by atoms with van der Waals surface area (Å²) in [5, 5.41) is 14.1. The Kier molecular flexibility index (Phi) is 5.21. The molecule has 0 unspecified atom stereocenters. The van der Waals surface area contributed by atoms with Crippen LogP contribution in [0.4, 0.5) is 17.1 Å². The first-order chi connectivity index (χ1) is 12.5. The monoisotopic (exact) mass is 353 g/mol. The molecule has 0 spiro atoms. The third-order valence-electron chi connectivity index (χ3n) is 4.95. The predicted octanol–water partition coefficient (Wildman–Crippen LogP) is 4.39. The first-order valence-electron chi connectivity index (χ1n) is 8.86. The van der Waals surface area contributed by atoms with E-state index >= 15 is 0 Å². The van der Waals surface area contributed by atoms with E-state index in [0.29, 0.717) is 17.2 Å². The molecule has 0 aromatic heterocycles. The van der Waals surface area contributed by atoms with E-state index < -0.39 is 4.92 Å². The maximum atomic E-state index is 12.9. The average Bonchev–Trinajstić information content (AvgIpc) is 2.63. The summed E-state index contributed by atoms with van der Waals surface area (Å²) in [7, 11) is 0. The molecule has 1 fully saturated rings. The van der Waals surface area contributed by atoms with E-state index in [9.17, 15) is 14.9 Å². The highest BCUT2D eigenvalue weighted by Gasteiger charge is 2.23. The zero-order valence-electron chi connectivity index (χ0n) is 15.1. The van der Waals surface area contributed by atoms with Gasteiger partial charge in [-0.1, -0.05) is 25.1 Å². The van der Waals surface area contributed by atoms with Gasteiger partial charge in [0.2, 0.25) is 0 Å². The van der Waals surface area contributed by atoms with Crippen LogP contribution >= 0.6 is 0 Å². The highest BCUT2D eigenvalue weighted by molar-refractivity contribution is 6.09. The number of non-ortho nitro benzene ring substituents is 1. The molecule has 0 atom stereocenters. The second-order valence-electron chi connectivity index (χ2n) is 6.90. The lowest BCUT2D eigenvalue weighted by atomic mass is 9.97. The Bertz CT molecular complexity index is 827. The Labute approximate surface area is 153 Å². The number of nitrogens with one attached hydrogen (secondary N) is 1. The average molecular weight is 353 g/mol. The van der Waals surface area contributed by atoms with Crippen LogP contribution in [0.3, 0.4) is 0 Å². The van der Waals surface area contributed by atoms with Gasteiger partial charge in [-0.15, -0.1) is 0 Å². The standard InChI is InChI=1S/C20H23N3O3/c1-14-9-11-22(12-10-14)19-8-7-16(23(25)26)13-17(19)20(24)21-18-6-4-3-5-15(18)2/h3-8,13-14H,9-12H2,1-2H3,(H,21,24). The Morgan fingerprint density at radius 2 is 1.88 bits per heavy atom. The summed E-state index contributed by atoms with van der Waals surface area (Å²) in [6.07, 6.45) is 2.10. The molecule has 1 N–H and O–H groups in total. The third-order valence-corrected chi connectivity index (χ3v) is 4.95. The predicted molar refractivity (Wildman–Crippen MR) is 103 cm³/mol. The van der Waals surface area contributed by atoms with Gasteiger partial charge in [-0.25, -0.2) is 0 Å². The van der Waals surface area contributed by atoms with Crippen LogP contribution in [0.1, 0.15) is 35.7 Å². The van der Waals surface area contributed by atoms with Crippen molar-refractivity contribution in [2.75, 3.05) is 23.3 Å². The summed E-state index contributed by atoms with van der Waals surface area (Å²) in [6.45, 7) is 5.84. The quantitative estimate of drug-likeness (QED) is 0.653. The van der Waals surface area contributed by atoms with E-state index in [1.807, 2.05) is 31.2 Å². The van der Waals surface area contributed by atoms with Gasteiger partial charge < -0.3 is 10.2 Å². The largest absolute Gasteiger partial charge is 0.371 e. The summed E-state index contributed by atoms with van der Waals surface area (Å²) in [5.41, 5.74) is 2.68. The minimum absolute atomic E-state index is 0.0749. The molecule has 0 aliphatic carbocycles. The fourth-order valence-corrected chi connectivity index (χ4v) is 3.25. The van der Waals surface area contributed by atoms with Crippen molar-refractivity contribution in [3.8, 4) is 0 Å². The van der Waals surface area contributed by atoms with Crippen molar-refractivity contribution in [3.63, 3.8) is 0 Å². The normalized spacial score (nSPS) is 14.9. The first-order valence-corrected chi connectivity index (χ1v) is 8.86. The second kappa shape index (κ2) is 7.56. The van der Waals surface area contributed by atoms with Gasteiger partial charge in [0, 0.05) is 30.9 Å². The molecule has 2 aromatic carbocycles. The molecule has 6 heteroatoms. The molecule has 1 heterocycles. The van der Waals surface area contributed by atoms with Crippen LogP contribution in [0.15, 0.2) is 42.5 Å². The number of rotatable bonds is 4. The van der Waals surface area contributed by atoms with Gasteiger partial charge in [-0.05, 0) is 43.4 Å². The van der Waals surface area contributed by atoms with Gasteiger partial charge in [-0.2, -0.15) is 0 Å². The number of para-hydroxylation sites is 1. The molecule has 136 valence electrons. The van der Waals surface area contributed by atoms with Gasteiger partial charge in [-0.3, -0.25) is 14.9 Å². The molecule has 0 radical (unpaired) electrons. The van der Waals surface area contributed by atoms with Crippen molar-refractivity contribution in [3.05, 3.63) is 63.7 Å². The minimum atomic E-state index is -0.466. The summed E-state index contributed by atoms with van der Waals surface area (Å²) in [5.74, 6) is 0.338. The number of aryl methyl sites for hydroxylation is 1. The van der Waals surface area contributed by atoms with Crippen molar-refractivity contribution in [1.29, 1.82) is 0 Å². The van der Waals surface area contributed by atoms with Crippen molar-refractivity contribution < 1.29 is 9.72 Å². The van der Waals surface area contributed by atoms with E-state index in [2.05, 4.69) is 17.1 Å². The summed E-state index contributed by atoms with van der Waals surface area (Å²) in [6, 6.07) is 12.0. The topological polar surface area (TPSA) is 75.5 Å². The number of nitro groups is 1. The second-order valence-corrected chi connectivity index (χ2v) is 6.90. The Balaban J connectivity index is 1.94. The molecule has 2 aromatic rings. The van der Waals surface area contributed by atoms with Crippen molar-refractivity contribution in [2.45, 2.75) is 26.7 Å². The molecule has 0 bridgehead atoms. The van der Waals surface area contributed by atoms with Crippen LogP contribution in [0.2, 0.25) is 0 Å². The molecule has 1 aliphatic heterocycles. The van der Waals surface area contributed by atoms with Crippen LogP contribution in [0, 0.1) is 23.0 Å². The van der Waals surface area contributed by atoms with Crippen LogP contribution in [0.25, 0.3) is 0 Å². The van der Waals surface area contributed by atoms with Gasteiger partial charge >= 0.3 is 0 Å². The van der Waals surface area contributed by atoms with Gasteiger partial charge in [0.25, 0.3) is 11.6 Å². The zero-order valence-corrected chi connectivity index (χ0v) is 15.1. The Morgan fingerprint density at radius 3 is 2.54 bits per heavy atom. The van der Waals surface area contributed by atoms with E-state index in [1.54, 1.807) is 6.07 Å². The summed E-state index contributed by atoms with van der Waals surface area (Å²) in [4.78, 5) is 25.8. The molecular formula is C20H23N3O3. The fraction of sp³-hybridized carbons (Fsp3) is 0.350. The van der Waals surface area contributed by atoms with Crippen molar-refractivity contribution >= 4 is 23.0 Å². The molecule has 1 amide bonds. The van der Waals surface area contributed by atoms with Crippen LogP contribution in [-0.2, 0) is 0 Å². The molecule has 1 saturated heterocycles. The highest BCUT2D eigenvalue weighted by Crippen LogP contribution is 2.30. The molecule has 6 nitrogen and oxygen atoms in total. The third kappa shape index (κ3) is 3.85. The minimum Gasteiger partial charge on any atom is -0.371 e. The highest BCUT2D eigenvalue weighted by atomic mass is 16.6. The molecular weight excluding hydrogens is 330 g/mol.